The molecule has 0 radical (unpaired) electrons. The largest absolute Gasteiger partial charge is 0.457 e. The van der Waals surface area contributed by atoms with Gasteiger partial charge in [0.1, 0.15) is 23.0 Å². The van der Waals surface area contributed by atoms with Crippen LogP contribution in [0.3, 0.4) is 0 Å². The van der Waals surface area contributed by atoms with Crippen molar-refractivity contribution >= 4 is 76.2 Å². The number of aromatic nitrogens is 5. The zero-order valence-electron chi connectivity index (χ0n) is 66.3. The Bertz CT molecular complexity index is 8200. The molecule has 0 saturated carbocycles. The summed E-state index contributed by atoms with van der Waals surface area (Å²) >= 11 is 0. The van der Waals surface area contributed by atoms with Crippen LogP contribution in [-0.2, 0) is 10.8 Å². The standard InChI is InChI=1S/C58H35N3O.C57H33N3O/c1-3-16-36(17-4-1)56-57(37-18-5-2-6-19-37)61-52-33-39(30-31-51(52)60-56)38-20-15-21-40(32-38)55-45-35-54-49(34-44(45)43-24-9-13-28-50(43)59-55)58(48-27-12-14-29-53(48)62-54)46-25-10-7-22-41(46)42-23-8-11-26-47(42)58;58-34-35-24-29-53-45(30-35)43-17-4-9-22-52(43)60(53)39-27-25-36(26-28-39)37-12-11-13-38(31-37)56-46-33-55-50(32-44(46)42-16-3-8-21-51(42)59-56)57(49-20-7-10-23-54(49)61-55)47-18-5-1-14-40(47)41-15-2-6-19-48(41)57/h1-35H;1-33H. The highest BCUT2D eigenvalue weighted by Crippen LogP contribution is 2.65. The Labute approximate surface area is 708 Å². The topological polar surface area (TPSA) is 98.7 Å². The zero-order chi connectivity index (χ0) is 81.0. The van der Waals surface area contributed by atoms with Crippen molar-refractivity contribution in [3.05, 3.63) is 463 Å². The summed E-state index contributed by atoms with van der Waals surface area (Å²) in [5.74, 6) is 3.43. The van der Waals surface area contributed by atoms with E-state index in [1.54, 1.807) is 0 Å². The van der Waals surface area contributed by atoms with Crippen molar-refractivity contribution in [1.82, 2.24) is 24.5 Å². The van der Waals surface area contributed by atoms with Crippen LogP contribution < -0.4 is 9.47 Å². The lowest BCUT2D eigenvalue weighted by molar-refractivity contribution is 0.437. The van der Waals surface area contributed by atoms with Crippen LogP contribution in [0.1, 0.15) is 50.1 Å². The van der Waals surface area contributed by atoms with Crippen LogP contribution >= 0.6 is 0 Å². The van der Waals surface area contributed by atoms with Crippen molar-refractivity contribution in [3.63, 3.8) is 0 Å². The van der Waals surface area contributed by atoms with Gasteiger partial charge in [0, 0.05) is 82.5 Å². The minimum Gasteiger partial charge on any atom is -0.457 e. The molecule has 26 rings (SSSR count). The number of hydrogen-bond acceptors (Lipinski definition) is 7. The predicted octanol–water partition coefficient (Wildman–Crippen LogP) is 28.6. The third-order valence-electron chi connectivity index (χ3n) is 26.0. The highest BCUT2D eigenvalue weighted by molar-refractivity contribution is 6.15. The molecular formula is C115H68N6O2. The van der Waals surface area contributed by atoms with Gasteiger partial charge in [0.05, 0.1) is 78.3 Å². The van der Waals surface area contributed by atoms with Gasteiger partial charge in [-0.15, -0.1) is 0 Å². The van der Waals surface area contributed by atoms with E-state index in [1.165, 1.54) is 44.5 Å². The van der Waals surface area contributed by atoms with Crippen molar-refractivity contribution in [3.8, 4) is 124 Å². The smallest absolute Gasteiger partial charge is 0.132 e. The van der Waals surface area contributed by atoms with Crippen LogP contribution in [-0.4, -0.2) is 24.5 Å². The van der Waals surface area contributed by atoms with Gasteiger partial charge in [0.25, 0.3) is 0 Å². The van der Waals surface area contributed by atoms with E-state index < -0.39 is 10.8 Å². The normalized spacial score (nSPS) is 13.1. The van der Waals surface area contributed by atoms with E-state index in [2.05, 4.69) is 375 Å². The quantitative estimate of drug-likeness (QED) is 0.147. The molecule has 570 valence electrons. The van der Waals surface area contributed by atoms with Crippen molar-refractivity contribution < 1.29 is 9.47 Å². The average Bonchev–Trinajstić information content (AvgIpc) is 1.56. The van der Waals surface area contributed by atoms with Gasteiger partial charge < -0.3 is 14.0 Å². The summed E-state index contributed by atoms with van der Waals surface area (Å²) in [6.45, 7) is 0. The van der Waals surface area contributed by atoms with Gasteiger partial charge >= 0.3 is 0 Å². The molecule has 8 nitrogen and oxygen atoms in total. The molecule has 123 heavy (non-hydrogen) atoms. The third-order valence-corrected chi connectivity index (χ3v) is 26.0. The molecule has 2 aliphatic carbocycles. The monoisotopic (exact) mass is 1560 g/mol. The summed E-state index contributed by atoms with van der Waals surface area (Å²) in [6, 6.07) is 149. The average molecular weight is 1570 g/mol. The van der Waals surface area contributed by atoms with E-state index in [1.807, 2.05) is 48.5 Å². The maximum absolute atomic E-state index is 9.63. The Morgan fingerprint density at radius 3 is 1.12 bits per heavy atom. The van der Waals surface area contributed by atoms with Crippen LogP contribution in [0.5, 0.6) is 23.0 Å². The predicted molar refractivity (Wildman–Crippen MR) is 498 cm³/mol. The highest BCUT2D eigenvalue weighted by Gasteiger charge is 2.53. The molecule has 2 aliphatic heterocycles. The zero-order valence-corrected chi connectivity index (χ0v) is 66.3. The molecule has 0 unspecified atom stereocenters. The first kappa shape index (κ1) is 69.6. The summed E-state index contributed by atoms with van der Waals surface area (Å²) in [5, 5.41) is 18.4. The second-order valence-electron chi connectivity index (χ2n) is 32.4. The molecule has 0 fully saturated rings. The van der Waals surface area contributed by atoms with E-state index in [0.717, 1.165) is 194 Å². The molecule has 0 bridgehead atoms. The first-order valence-electron chi connectivity index (χ1n) is 41.8. The van der Waals surface area contributed by atoms with E-state index in [4.69, 9.17) is 29.4 Å². The fourth-order valence-electron chi connectivity index (χ4n) is 20.7. The van der Waals surface area contributed by atoms with Crippen molar-refractivity contribution in [2.24, 2.45) is 0 Å². The fourth-order valence-corrected chi connectivity index (χ4v) is 20.7. The molecule has 18 aromatic carbocycles. The second kappa shape index (κ2) is 27.3. The van der Waals surface area contributed by atoms with Gasteiger partial charge in [0.2, 0.25) is 0 Å². The molecule has 8 heteroatoms. The molecular weight excluding hydrogens is 1500 g/mol. The molecule has 0 N–H and O–H groups in total. The maximum Gasteiger partial charge on any atom is 0.132 e. The minimum atomic E-state index is -0.558. The Hall–Kier alpha value is -16.5. The molecule has 0 amide bonds. The highest BCUT2D eigenvalue weighted by atomic mass is 16.5. The Kier molecular flexibility index (Phi) is 15.5. The number of benzene rings is 18. The summed E-state index contributed by atoms with van der Waals surface area (Å²) < 4.78 is 16.2. The number of nitriles is 1. The van der Waals surface area contributed by atoms with E-state index in [9.17, 15) is 5.26 Å². The van der Waals surface area contributed by atoms with Crippen LogP contribution in [0.4, 0.5) is 0 Å². The van der Waals surface area contributed by atoms with Crippen molar-refractivity contribution in [2.45, 2.75) is 10.8 Å². The lowest BCUT2D eigenvalue weighted by Gasteiger charge is -2.39. The van der Waals surface area contributed by atoms with E-state index in [-0.39, 0.29) is 0 Å². The second-order valence-corrected chi connectivity index (χ2v) is 32.4. The van der Waals surface area contributed by atoms with Crippen molar-refractivity contribution in [1.29, 1.82) is 5.26 Å². The first-order chi connectivity index (χ1) is 60.9. The molecule has 0 saturated heterocycles. The van der Waals surface area contributed by atoms with Crippen LogP contribution in [0, 0.1) is 11.3 Å². The lowest BCUT2D eigenvalue weighted by Crippen LogP contribution is -2.32. The summed E-state index contributed by atoms with van der Waals surface area (Å²) in [7, 11) is 0. The van der Waals surface area contributed by atoms with Gasteiger partial charge in [-0.05, 0) is 187 Å². The first-order valence-corrected chi connectivity index (χ1v) is 41.8. The SMILES string of the molecule is N#Cc1ccc2c(c1)c1ccccc1n2-c1ccc(-c2cccc(-c3nc4ccccc4c4cc5c(cc34)Oc3ccccc3C53c4ccccc4-c4ccccc43)c2)cc1.c1ccc(-c2nc3ccc(-c4cccc(-c5nc6ccccc6c6cc7c(cc56)Oc5ccccc5C75c6ccccc6-c6ccccc65)c4)cc3nc2-c2ccccc2)cc1. The Morgan fingerprint density at radius 2 is 0.610 bits per heavy atom. The fraction of sp³-hybridized carbons (Fsp3) is 0.0174. The van der Waals surface area contributed by atoms with Gasteiger partial charge in [0.15, 0.2) is 0 Å². The number of hydrogen-bond donors (Lipinski definition) is 0. The molecule has 22 aromatic rings. The van der Waals surface area contributed by atoms with Gasteiger partial charge in [-0.25, -0.2) is 19.9 Å². The number of ether oxygens (including phenoxy) is 2. The lowest BCUT2D eigenvalue weighted by atomic mass is 9.65. The van der Waals surface area contributed by atoms with Crippen LogP contribution in [0.2, 0.25) is 0 Å². The van der Waals surface area contributed by atoms with Gasteiger partial charge in [-0.3, -0.25) is 0 Å². The summed E-state index contributed by atoms with van der Waals surface area (Å²) in [4.78, 5) is 21.3. The molecule has 0 atom stereocenters. The van der Waals surface area contributed by atoms with E-state index in [0.29, 0.717) is 5.56 Å². The Morgan fingerprint density at radius 1 is 0.220 bits per heavy atom. The van der Waals surface area contributed by atoms with Gasteiger partial charge in [-0.2, -0.15) is 5.26 Å². The summed E-state index contributed by atoms with van der Waals surface area (Å²) in [5.41, 5.74) is 33.1. The third kappa shape index (κ3) is 10.5. The maximum atomic E-state index is 9.63. The summed E-state index contributed by atoms with van der Waals surface area (Å²) in [6.07, 6.45) is 0. The van der Waals surface area contributed by atoms with Crippen LogP contribution in [0.15, 0.2) is 413 Å². The number of pyridine rings is 2. The number of rotatable bonds is 7. The van der Waals surface area contributed by atoms with E-state index >= 15 is 0 Å². The Balaban J connectivity index is 0.000000135. The minimum absolute atomic E-state index is 0.555. The number of para-hydroxylation sites is 5. The molecule has 4 aliphatic rings. The molecule has 6 heterocycles. The molecule has 4 aromatic heterocycles. The van der Waals surface area contributed by atoms with Gasteiger partial charge in [-0.1, -0.05) is 303 Å². The van der Waals surface area contributed by atoms with Crippen molar-refractivity contribution in [2.75, 3.05) is 0 Å². The molecule has 2 spiro atoms. The van der Waals surface area contributed by atoms with Crippen LogP contribution in [0.25, 0.3) is 171 Å². The number of nitrogens with zero attached hydrogens (tertiary/aromatic N) is 6. The number of fused-ring (bicyclic) bond motifs is 28.